The van der Waals surface area contributed by atoms with Gasteiger partial charge in [0.05, 0.1) is 5.92 Å². The van der Waals surface area contributed by atoms with E-state index in [4.69, 9.17) is 5.73 Å². The highest BCUT2D eigenvalue weighted by atomic mass is 19.4. The maximum absolute atomic E-state index is 12.7. The smallest absolute Gasteiger partial charge is 0.329 e. The average Bonchev–Trinajstić information content (AvgIpc) is 2.34. The zero-order chi connectivity index (χ0) is 14.7. The summed E-state index contributed by atoms with van der Waals surface area (Å²) in [6.45, 7) is 5.67. The third-order valence-electron chi connectivity index (χ3n) is 4.61. The topological polar surface area (TPSA) is 29.3 Å². The van der Waals surface area contributed by atoms with Gasteiger partial charge in [-0.1, -0.05) is 13.8 Å². The van der Waals surface area contributed by atoms with E-state index >= 15 is 0 Å². The first-order valence-electron chi connectivity index (χ1n) is 7.19. The predicted octanol–water partition coefficient (Wildman–Crippen LogP) is 3.41. The second-order valence-electron chi connectivity index (χ2n) is 6.35. The van der Waals surface area contributed by atoms with Crippen molar-refractivity contribution in [3.05, 3.63) is 0 Å². The summed E-state index contributed by atoms with van der Waals surface area (Å²) in [5, 5.41) is 0. The zero-order valence-electron chi connectivity index (χ0n) is 12.3. The standard InChI is InChI=1S/C14H27F3N2/c1-11(2)6-9-19(3)13(10-18)7-4-12(5-8-13)14(15,16)17/h11-12H,4-10,18H2,1-3H3. The minimum Gasteiger partial charge on any atom is -0.329 e. The quantitative estimate of drug-likeness (QED) is 0.836. The number of alkyl halides is 3. The van der Waals surface area contributed by atoms with Gasteiger partial charge in [0.15, 0.2) is 0 Å². The fourth-order valence-corrected chi connectivity index (χ4v) is 2.91. The Bertz CT molecular complexity index is 268. The molecule has 0 amide bonds. The molecule has 0 bridgehead atoms. The Kier molecular flexibility index (Phi) is 5.68. The Hall–Kier alpha value is -0.290. The molecule has 1 rings (SSSR count). The molecule has 0 heterocycles. The summed E-state index contributed by atoms with van der Waals surface area (Å²) < 4.78 is 38.1. The number of hydrogen-bond acceptors (Lipinski definition) is 2. The molecule has 0 unspecified atom stereocenters. The number of nitrogens with zero attached hydrogens (tertiary/aromatic N) is 1. The van der Waals surface area contributed by atoms with Gasteiger partial charge in [0.2, 0.25) is 0 Å². The van der Waals surface area contributed by atoms with Crippen LogP contribution in [-0.2, 0) is 0 Å². The monoisotopic (exact) mass is 280 g/mol. The van der Waals surface area contributed by atoms with Crippen molar-refractivity contribution < 1.29 is 13.2 Å². The fraction of sp³-hybridized carbons (Fsp3) is 1.00. The van der Waals surface area contributed by atoms with Gasteiger partial charge in [-0.3, -0.25) is 4.90 Å². The molecule has 5 heteroatoms. The molecule has 114 valence electrons. The Morgan fingerprint density at radius 1 is 1.26 bits per heavy atom. The fourth-order valence-electron chi connectivity index (χ4n) is 2.91. The maximum atomic E-state index is 12.7. The summed E-state index contributed by atoms with van der Waals surface area (Å²) in [7, 11) is 2.00. The van der Waals surface area contributed by atoms with Crippen molar-refractivity contribution in [3.8, 4) is 0 Å². The number of halogens is 3. The normalized spacial score (nSPS) is 29.2. The van der Waals surface area contributed by atoms with Crippen LogP contribution in [0.25, 0.3) is 0 Å². The molecule has 0 aromatic rings. The van der Waals surface area contributed by atoms with Gasteiger partial charge in [-0.05, 0) is 51.6 Å². The second kappa shape index (κ2) is 6.44. The van der Waals surface area contributed by atoms with Gasteiger partial charge >= 0.3 is 6.18 Å². The maximum Gasteiger partial charge on any atom is 0.391 e. The van der Waals surface area contributed by atoms with Crippen LogP contribution in [-0.4, -0.2) is 36.8 Å². The summed E-state index contributed by atoms with van der Waals surface area (Å²) in [5.41, 5.74) is 5.65. The van der Waals surface area contributed by atoms with Crippen LogP contribution >= 0.6 is 0 Å². The highest BCUT2D eigenvalue weighted by Crippen LogP contribution is 2.42. The van der Waals surface area contributed by atoms with Gasteiger partial charge in [0, 0.05) is 12.1 Å². The molecule has 1 fully saturated rings. The summed E-state index contributed by atoms with van der Waals surface area (Å²) >= 11 is 0. The first-order valence-corrected chi connectivity index (χ1v) is 7.19. The summed E-state index contributed by atoms with van der Waals surface area (Å²) in [5.74, 6) is -0.533. The molecule has 0 radical (unpaired) electrons. The lowest BCUT2D eigenvalue weighted by atomic mass is 9.75. The predicted molar refractivity (Wildman–Crippen MR) is 71.9 cm³/mol. The minimum atomic E-state index is -4.04. The van der Waals surface area contributed by atoms with Crippen LogP contribution < -0.4 is 5.73 Å². The van der Waals surface area contributed by atoms with E-state index in [0.717, 1.165) is 13.0 Å². The molecule has 0 spiro atoms. The van der Waals surface area contributed by atoms with E-state index in [1.165, 1.54) is 0 Å². The average molecular weight is 280 g/mol. The van der Waals surface area contributed by atoms with Gasteiger partial charge in [0.25, 0.3) is 0 Å². The number of hydrogen-bond donors (Lipinski definition) is 1. The van der Waals surface area contributed by atoms with Crippen molar-refractivity contribution in [2.75, 3.05) is 20.1 Å². The Morgan fingerprint density at radius 3 is 2.16 bits per heavy atom. The minimum absolute atomic E-state index is 0.215. The lowest BCUT2D eigenvalue weighted by molar-refractivity contribution is -0.188. The van der Waals surface area contributed by atoms with Crippen molar-refractivity contribution in [1.82, 2.24) is 4.90 Å². The molecule has 1 aliphatic carbocycles. The van der Waals surface area contributed by atoms with Gasteiger partial charge in [-0.25, -0.2) is 0 Å². The molecule has 19 heavy (non-hydrogen) atoms. The van der Waals surface area contributed by atoms with Gasteiger partial charge in [-0.2, -0.15) is 13.2 Å². The summed E-state index contributed by atoms with van der Waals surface area (Å²) in [4.78, 5) is 2.19. The van der Waals surface area contributed by atoms with E-state index in [1.807, 2.05) is 7.05 Å². The van der Waals surface area contributed by atoms with Crippen molar-refractivity contribution >= 4 is 0 Å². The van der Waals surface area contributed by atoms with Gasteiger partial charge in [-0.15, -0.1) is 0 Å². The van der Waals surface area contributed by atoms with Gasteiger partial charge in [0.1, 0.15) is 0 Å². The molecule has 1 saturated carbocycles. The van der Waals surface area contributed by atoms with Crippen molar-refractivity contribution in [2.45, 2.75) is 57.7 Å². The molecular formula is C14H27F3N2. The first-order chi connectivity index (χ1) is 8.71. The molecule has 0 aromatic carbocycles. The first kappa shape index (κ1) is 16.8. The van der Waals surface area contributed by atoms with Crippen LogP contribution in [0.5, 0.6) is 0 Å². The largest absolute Gasteiger partial charge is 0.391 e. The van der Waals surface area contributed by atoms with E-state index in [1.54, 1.807) is 0 Å². The molecule has 0 aliphatic heterocycles. The van der Waals surface area contributed by atoms with Crippen LogP contribution in [0.3, 0.4) is 0 Å². The van der Waals surface area contributed by atoms with Crippen molar-refractivity contribution in [3.63, 3.8) is 0 Å². The highest BCUT2D eigenvalue weighted by molar-refractivity contribution is 4.96. The molecule has 2 nitrogen and oxygen atoms in total. The summed E-state index contributed by atoms with van der Waals surface area (Å²) in [6, 6.07) is 0. The van der Waals surface area contributed by atoms with E-state index in [0.29, 0.717) is 25.3 Å². The molecule has 2 N–H and O–H groups in total. The van der Waals surface area contributed by atoms with E-state index < -0.39 is 12.1 Å². The van der Waals surface area contributed by atoms with Gasteiger partial charge < -0.3 is 5.73 Å². The Morgan fingerprint density at radius 2 is 1.79 bits per heavy atom. The molecule has 0 saturated heterocycles. The van der Waals surface area contributed by atoms with Crippen LogP contribution in [0.15, 0.2) is 0 Å². The zero-order valence-corrected chi connectivity index (χ0v) is 12.3. The van der Waals surface area contributed by atoms with E-state index in [2.05, 4.69) is 18.7 Å². The lowest BCUT2D eigenvalue weighted by Gasteiger charge is -2.46. The number of rotatable bonds is 5. The number of nitrogens with two attached hydrogens (primary N) is 1. The van der Waals surface area contributed by atoms with E-state index in [9.17, 15) is 13.2 Å². The van der Waals surface area contributed by atoms with Crippen LogP contribution in [0.2, 0.25) is 0 Å². The Labute approximate surface area is 114 Å². The van der Waals surface area contributed by atoms with Crippen LogP contribution in [0.1, 0.15) is 46.0 Å². The second-order valence-corrected chi connectivity index (χ2v) is 6.35. The van der Waals surface area contributed by atoms with E-state index in [-0.39, 0.29) is 18.4 Å². The molecule has 1 aliphatic rings. The lowest BCUT2D eigenvalue weighted by Crippen LogP contribution is -2.55. The van der Waals surface area contributed by atoms with Crippen LogP contribution in [0, 0.1) is 11.8 Å². The number of likely N-dealkylation sites (N-methyl/N-ethyl adjacent to an activating group) is 1. The molecule has 0 atom stereocenters. The SMILES string of the molecule is CC(C)CCN(C)C1(CN)CCC(C(F)(F)F)CC1. The third-order valence-corrected chi connectivity index (χ3v) is 4.61. The highest BCUT2D eigenvalue weighted by Gasteiger charge is 2.46. The third kappa shape index (κ3) is 4.35. The van der Waals surface area contributed by atoms with Crippen LogP contribution in [0.4, 0.5) is 13.2 Å². The van der Waals surface area contributed by atoms with Crippen molar-refractivity contribution in [1.29, 1.82) is 0 Å². The van der Waals surface area contributed by atoms with Crippen molar-refractivity contribution in [2.24, 2.45) is 17.6 Å². The Balaban J connectivity index is 2.59. The summed E-state index contributed by atoms with van der Waals surface area (Å²) in [6.07, 6.45) is -1.44. The molecule has 0 aromatic heterocycles. The molecular weight excluding hydrogens is 253 g/mol.